The van der Waals surface area contributed by atoms with Crippen molar-refractivity contribution in [2.75, 3.05) is 6.54 Å². The Morgan fingerprint density at radius 3 is 2.38 bits per heavy atom. The van der Waals surface area contributed by atoms with Crippen LogP contribution in [0.1, 0.15) is 42.5 Å². The summed E-state index contributed by atoms with van der Waals surface area (Å²) >= 11 is 9.15. The lowest BCUT2D eigenvalue weighted by molar-refractivity contribution is -0.276. The van der Waals surface area contributed by atoms with E-state index in [0.29, 0.717) is 24.2 Å². The maximum atomic E-state index is 14.2. The molecule has 34 heavy (non-hydrogen) atoms. The molecular formula is C22H18BrClF6N2O2. The molecule has 1 aliphatic heterocycles. The first-order valence-corrected chi connectivity index (χ1v) is 11.1. The Labute approximate surface area is 204 Å². The molecule has 0 bridgehead atoms. The number of nitrogens with zero attached hydrogens (tertiary/aromatic N) is 2. The third kappa shape index (κ3) is 5.19. The second-order valence-electron chi connectivity index (χ2n) is 7.70. The highest BCUT2D eigenvalue weighted by molar-refractivity contribution is 9.10. The molecular weight excluding hydrogens is 554 g/mol. The van der Waals surface area contributed by atoms with Gasteiger partial charge in [-0.25, -0.2) is 0 Å². The van der Waals surface area contributed by atoms with Gasteiger partial charge in [0, 0.05) is 47.1 Å². The van der Waals surface area contributed by atoms with Crippen LogP contribution in [0, 0.1) is 0 Å². The van der Waals surface area contributed by atoms with Crippen LogP contribution < -0.4 is 0 Å². The quantitative estimate of drug-likeness (QED) is 0.360. The molecule has 2 aromatic rings. The van der Waals surface area contributed by atoms with Gasteiger partial charge in [0.2, 0.25) is 5.91 Å². The van der Waals surface area contributed by atoms with Crippen molar-refractivity contribution in [2.45, 2.75) is 44.8 Å². The third-order valence-electron chi connectivity index (χ3n) is 5.45. The van der Waals surface area contributed by atoms with E-state index in [2.05, 4.69) is 21.1 Å². The molecule has 2 aromatic carbocycles. The van der Waals surface area contributed by atoms with Gasteiger partial charge in [-0.2, -0.15) is 26.3 Å². The molecule has 0 fully saturated rings. The minimum absolute atomic E-state index is 0.127. The minimum Gasteiger partial charge on any atom is -0.374 e. The van der Waals surface area contributed by atoms with Crippen LogP contribution in [0.3, 0.4) is 0 Å². The normalized spacial score (nSPS) is 18.5. The average molecular weight is 572 g/mol. The lowest BCUT2D eigenvalue weighted by atomic mass is 9.85. The van der Waals surface area contributed by atoms with Crippen LogP contribution in [0.2, 0.25) is 5.02 Å². The van der Waals surface area contributed by atoms with Gasteiger partial charge in [-0.15, -0.1) is 0 Å². The number of halogens is 8. The Bertz CT molecular complexity index is 1140. The van der Waals surface area contributed by atoms with Crippen LogP contribution in [0.15, 0.2) is 46.0 Å². The van der Waals surface area contributed by atoms with Gasteiger partial charge >= 0.3 is 12.4 Å². The molecule has 0 spiro atoms. The lowest BCUT2D eigenvalue weighted by Crippen LogP contribution is -2.43. The molecule has 0 N–H and O–H groups in total. The van der Waals surface area contributed by atoms with E-state index in [1.54, 1.807) is 13.0 Å². The lowest BCUT2D eigenvalue weighted by Gasteiger charge is -2.30. The number of carbonyl (C=O) groups excluding carboxylic acids is 1. The fourth-order valence-electron chi connectivity index (χ4n) is 3.55. The molecule has 1 unspecified atom stereocenters. The van der Waals surface area contributed by atoms with E-state index in [0.717, 1.165) is 6.07 Å². The first kappa shape index (κ1) is 26.3. The van der Waals surface area contributed by atoms with Crippen molar-refractivity contribution in [1.82, 2.24) is 4.90 Å². The minimum atomic E-state index is -5.07. The number of alkyl halides is 6. The smallest absolute Gasteiger partial charge is 0.374 e. The molecule has 0 saturated heterocycles. The van der Waals surface area contributed by atoms with Crippen molar-refractivity contribution in [3.63, 3.8) is 0 Å². The van der Waals surface area contributed by atoms with Gasteiger partial charge in [-0.1, -0.05) is 44.8 Å². The zero-order chi connectivity index (χ0) is 25.5. The number of rotatable bonds is 5. The summed E-state index contributed by atoms with van der Waals surface area (Å²) in [5.74, 6) is -0.168. The number of amides is 1. The molecule has 12 heteroatoms. The van der Waals surface area contributed by atoms with E-state index >= 15 is 0 Å². The predicted octanol–water partition coefficient (Wildman–Crippen LogP) is 7.07. The van der Waals surface area contributed by atoms with Crippen molar-refractivity contribution in [3.8, 4) is 0 Å². The number of hydrogen-bond acceptors (Lipinski definition) is 3. The van der Waals surface area contributed by atoms with Gasteiger partial charge in [0.25, 0.3) is 5.60 Å². The Balaban J connectivity index is 1.96. The van der Waals surface area contributed by atoms with Crippen molar-refractivity contribution in [2.24, 2.45) is 5.16 Å². The van der Waals surface area contributed by atoms with E-state index < -0.39 is 35.5 Å². The van der Waals surface area contributed by atoms with Crippen LogP contribution in [0.5, 0.6) is 0 Å². The molecule has 1 aliphatic rings. The fourth-order valence-corrected chi connectivity index (χ4v) is 4.29. The second kappa shape index (κ2) is 9.41. The molecule has 0 radical (unpaired) electrons. The first-order valence-electron chi connectivity index (χ1n) is 9.92. The average Bonchev–Trinajstić information content (AvgIpc) is 3.18. The van der Waals surface area contributed by atoms with Crippen molar-refractivity contribution in [1.29, 1.82) is 0 Å². The van der Waals surface area contributed by atoms with Crippen molar-refractivity contribution < 1.29 is 36.0 Å². The van der Waals surface area contributed by atoms with Gasteiger partial charge in [0.15, 0.2) is 0 Å². The summed E-state index contributed by atoms with van der Waals surface area (Å²) in [7, 11) is 0. The van der Waals surface area contributed by atoms with Gasteiger partial charge < -0.3 is 9.74 Å². The fraction of sp³-hybridized carbons (Fsp3) is 0.364. The number of oxime groups is 1. The SMILES string of the molecule is CCN(Cc1ccc(C2=NOC(c3cc(Br)cc(C(F)(F)F)c3)(C(F)(F)F)C2)cc1Cl)C(C)=O. The predicted molar refractivity (Wildman–Crippen MR) is 117 cm³/mol. The Kier molecular flexibility index (Phi) is 7.29. The molecule has 1 atom stereocenters. The molecule has 1 heterocycles. The van der Waals surface area contributed by atoms with Crippen LogP contribution in [0.4, 0.5) is 26.3 Å². The molecule has 0 aliphatic carbocycles. The summed E-state index contributed by atoms with van der Waals surface area (Å²) < 4.78 is 82.1. The molecule has 0 saturated carbocycles. The monoisotopic (exact) mass is 570 g/mol. The van der Waals surface area contributed by atoms with E-state index in [-0.39, 0.29) is 33.2 Å². The maximum absolute atomic E-state index is 14.2. The Morgan fingerprint density at radius 2 is 1.85 bits per heavy atom. The molecule has 0 aromatic heterocycles. The van der Waals surface area contributed by atoms with Gasteiger partial charge in [0.05, 0.1) is 11.3 Å². The molecule has 1 amide bonds. The van der Waals surface area contributed by atoms with Crippen molar-refractivity contribution >= 4 is 39.1 Å². The standard InChI is InChI=1S/C22H18BrClF6N2O2/c1-3-32(12(2)33)11-14-5-4-13(6-18(14)24)19-10-20(34-31-19,22(28,29)30)15-7-16(21(25,26)27)9-17(23)8-15/h4-9H,3,10-11H2,1-2H3. The molecule has 184 valence electrons. The number of benzene rings is 2. The largest absolute Gasteiger partial charge is 0.435 e. The van der Waals surface area contributed by atoms with E-state index in [4.69, 9.17) is 16.4 Å². The van der Waals surface area contributed by atoms with Gasteiger partial charge in [-0.05, 0) is 36.8 Å². The third-order valence-corrected chi connectivity index (χ3v) is 6.26. The van der Waals surface area contributed by atoms with Crippen LogP contribution in [-0.4, -0.2) is 29.2 Å². The van der Waals surface area contributed by atoms with Crippen LogP contribution >= 0.6 is 27.5 Å². The molecule has 3 rings (SSSR count). The highest BCUT2D eigenvalue weighted by Crippen LogP contribution is 2.50. The molecule has 4 nitrogen and oxygen atoms in total. The zero-order valence-electron chi connectivity index (χ0n) is 17.8. The maximum Gasteiger partial charge on any atom is 0.435 e. The summed E-state index contributed by atoms with van der Waals surface area (Å²) in [6, 6.07) is 6.45. The highest BCUT2D eigenvalue weighted by Gasteiger charge is 2.62. The van der Waals surface area contributed by atoms with Crippen LogP contribution in [-0.2, 0) is 28.0 Å². The second-order valence-corrected chi connectivity index (χ2v) is 9.02. The van der Waals surface area contributed by atoms with E-state index in [1.807, 2.05) is 0 Å². The number of carbonyl (C=O) groups is 1. The van der Waals surface area contributed by atoms with E-state index in [1.165, 1.54) is 24.0 Å². The summed E-state index contributed by atoms with van der Waals surface area (Å²) in [5, 5.41) is 3.78. The summed E-state index contributed by atoms with van der Waals surface area (Å²) in [5.41, 5.74) is -4.43. The zero-order valence-corrected chi connectivity index (χ0v) is 20.2. The topological polar surface area (TPSA) is 41.9 Å². The number of hydrogen-bond donors (Lipinski definition) is 0. The van der Waals surface area contributed by atoms with Gasteiger partial charge in [0.1, 0.15) is 0 Å². The Hall–Kier alpha value is -2.27. The van der Waals surface area contributed by atoms with Crippen molar-refractivity contribution in [3.05, 3.63) is 68.1 Å². The summed E-state index contributed by atoms with van der Waals surface area (Å²) in [4.78, 5) is 18.0. The first-order chi connectivity index (χ1) is 15.7. The summed E-state index contributed by atoms with van der Waals surface area (Å²) in [6.07, 6.45) is -10.8. The Morgan fingerprint density at radius 1 is 1.18 bits per heavy atom. The van der Waals surface area contributed by atoms with Gasteiger partial charge in [-0.3, -0.25) is 4.79 Å². The van der Waals surface area contributed by atoms with Crippen LogP contribution in [0.25, 0.3) is 0 Å². The van der Waals surface area contributed by atoms with E-state index in [9.17, 15) is 31.1 Å². The highest BCUT2D eigenvalue weighted by atomic mass is 79.9. The summed E-state index contributed by atoms with van der Waals surface area (Å²) in [6.45, 7) is 3.84.